The molecule has 9 nitrogen and oxygen atoms in total. The number of sulfonamides is 1. The van der Waals surface area contributed by atoms with Crippen LogP contribution in [0.3, 0.4) is 0 Å². The third kappa shape index (κ3) is 5.44. The van der Waals surface area contributed by atoms with Crippen LogP contribution in [-0.4, -0.2) is 52.6 Å². The molecule has 2 aliphatic rings. The second-order valence-electron chi connectivity index (χ2n) is 9.82. The Labute approximate surface area is 238 Å². The lowest BCUT2D eigenvalue weighted by Crippen LogP contribution is -2.52. The average molecular weight is 605 g/mol. The summed E-state index contributed by atoms with van der Waals surface area (Å²) in [4.78, 5) is 18.1. The highest BCUT2D eigenvalue weighted by atomic mass is 35.5. The van der Waals surface area contributed by atoms with Gasteiger partial charge in [0.25, 0.3) is 10.0 Å². The first kappa shape index (κ1) is 28.7. The Balaban J connectivity index is 1.60. The number of piperidine rings is 1. The SMILES string of the molecule is Cn1ccc(S(=O)(=O)N2CCC3=CC(Nc4ccc(Cl)cc4)=C(C=N)C[C@]3(C(=O)c3cc(C(F)(F)F)ccn3)C2)n1. The number of aromatic nitrogens is 3. The summed E-state index contributed by atoms with van der Waals surface area (Å²) in [7, 11) is -2.58. The summed E-state index contributed by atoms with van der Waals surface area (Å²) < 4.78 is 70.0. The van der Waals surface area contributed by atoms with E-state index in [4.69, 9.17) is 17.0 Å². The molecule has 5 rings (SSSR count). The molecule has 0 radical (unpaired) electrons. The van der Waals surface area contributed by atoms with E-state index >= 15 is 0 Å². The average Bonchev–Trinajstić information content (AvgIpc) is 3.40. The second-order valence-corrected chi connectivity index (χ2v) is 12.1. The highest BCUT2D eigenvalue weighted by Crippen LogP contribution is 2.48. The summed E-state index contributed by atoms with van der Waals surface area (Å²) in [6.07, 6.45) is 0.376. The van der Waals surface area contributed by atoms with Crippen molar-refractivity contribution in [3.05, 3.63) is 94.1 Å². The van der Waals surface area contributed by atoms with Crippen molar-refractivity contribution in [1.82, 2.24) is 19.1 Å². The zero-order valence-electron chi connectivity index (χ0n) is 21.6. The molecule has 0 amide bonds. The van der Waals surface area contributed by atoms with Crippen molar-refractivity contribution in [2.24, 2.45) is 12.5 Å². The summed E-state index contributed by atoms with van der Waals surface area (Å²) in [5.74, 6) is -0.763. The Morgan fingerprint density at radius 1 is 1.20 bits per heavy atom. The van der Waals surface area contributed by atoms with E-state index in [9.17, 15) is 26.4 Å². The van der Waals surface area contributed by atoms with Crippen LogP contribution in [-0.2, 0) is 23.2 Å². The molecule has 0 saturated carbocycles. The number of nitrogens with one attached hydrogen (secondary N) is 2. The minimum absolute atomic E-state index is 0.0178. The molecule has 1 saturated heterocycles. The molecule has 0 unspecified atom stereocenters. The third-order valence-corrected chi connectivity index (χ3v) is 9.18. The van der Waals surface area contributed by atoms with Gasteiger partial charge in [0.1, 0.15) is 5.69 Å². The Kier molecular flexibility index (Phi) is 7.38. The Hall–Kier alpha value is -3.81. The summed E-state index contributed by atoms with van der Waals surface area (Å²) in [5, 5.41) is 15.6. The van der Waals surface area contributed by atoms with Gasteiger partial charge in [-0.1, -0.05) is 17.2 Å². The molecule has 2 aromatic heterocycles. The van der Waals surface area contributed by atoms with Crippen LogP contribution in [0.5, 0.6) is 0 Å². The van der Waals surface area contributed by atoms with Gasteiger partial charge in [-0.2, -0.15) is 22.6 Å². The molecule has 1 atom stereocenters. The van der Waals surface area contributed by atoms with E-state index in [-0.39, 0.29) is 31.0 Å². The van der Waals surface area contributed by atoms with Gasteiger partial charge in [-0.15, -0.1) is 0 Å². The number of carbonyl (C=O) groups excluding carboxylic acids is 1. The fourth-order valence-electron chi connectivity index (χ4n) is 5.11. The second kappa shape index (κ2) is 10.5. The lowest BCUT2D eigenvalue weighted by molar-refractivity contribution is -0.137. The Morgan fingerprint density at radius 2 is 1.93 bits per heavy atom. The van der Waals surface area contributed by atoms with Gasteiger partial charge in [0, 0.05) is 55.2 Å². The van der Waals surface area contributed by atoms with Crippen LogP contribution in [0.2, 0.25) is 5.02 Å². The number of allylic oxidation sites excluding steroid dienone is 2. The number of hydrogen-bond acceptors (Lipinski definition) is 7. The van der Waals surface area contributed by atoms with Gasteiger partial charge in [-0.25, -0.2) is 8.42 Å². The number of nitrogens with zero attached hydrogens (tertiary/aromatic N) is 4. The number of anilines is 1. The fraction of sp³-hybridized carbons (Fsp3) is 0.259. The monoisotopic (exact) mass is 604 g/mol. The number of benzene rings is 1. The molecule has 3 heterocycles. The molecule has 14 heteroatoms. The molecular weight excluding hydrogens is 581 g/mol. The van der Waals surface area contributed by atoms with Crippen molar-refractivity contribution in [1.29, 1.82) is 5.41 Å². The van der Waals surface area contributed by atoms with Gasteiger partial charge in [0.05, 0.1) is 11.0 Å². The quantitative estimate of drug-likeness (QED) is 0.286. The Morgan fingerprint density at radius 3 is 2.56 bits per heavy atom. The summed E-state index contributed by atoms with van der Waals surface area (Å²) >= 11 is 5.99. The van der Waals surface area contributed by atoms with Crippen LogP contribution in [0.4, 0.5) is 18.9 Å². The van der Waals surface area contributed by atoms with Gasteiger partial charge >= 0.3 is 6.18 Å². The van der Waals surface area contributed by atoms with Gasteiger partial charge in [-0.3, -0.25) is 14.5 Å². The number of carbonyl (C=O) groups is 1. The zero-order chi connectivity index (χ0) is 29.6. The molecule has 1 aliphatic heterocycles. The number of alkyl halides is 3. The first-order valence-electron chi connectivity index (χ1n) is 12.4. The molecular formula is C27H24ClF3N6O3S. The van der Waals surface area contributed by atoms with Crippen LogP contribution in [0.25, 0.3) is 0 Å². The third-order valence-electron chi connectivity index (χ3n) is 7.19. The predicted octanol–water partition coefficient (Wildman–Crippen LogP) is 5.10. The number of Topliss-reactive ketones (excluding diaryl/α,β-unsaturated/α-hetero) is 1. The molecule has 0 bridgehead atoms. The van der Waals surface area contributed by atoms with Gasteiger partial charge < -0.3 is 10.7 Å². The number of halogens is 4. The van der Waals surface area contributed by atoms with E-state index in [1.54, 1.807) is 37.4 Å². The van der Waals surface area contributed by atoms with E-state index < -0.39 is 38.7 Å². The van der Waals surface area contributed by atoms with E-state index in [0.717, 1.165) is 22.8 Å². The molecule has 0 spiro atoms. The van der Waals surface area contributed by atoms with Crippen molar-refractivity contribution < 1.29 is 26.4 Å². The molecule has 214 valence electrons. The maximum Gasteiger partial charge on any atom is 0.416 e. The number of pyridine rings is 1. The first-order chi connectivity index (χ1) is 19.3. The topological polar surface area (TPSA) is 121 Å². The predicted molar refractivity (Wildman–Crippen MR) is 146 cm³/mol. The van der Waals surface area contributed by atoms with E-state index in [1.165, 1.54) is 16.9 Å². The molecule has 1 aromatic carbocycles. The fourth-order valence-corrected chi connectivity index (χ4v) is 6.69. The van der Waals surface area contributed by atoms with Crippen LogP contribution in [0.1, 0.15) is 28.9 Å². The molecule has 2 N–H and O–H groups in total. The van der Waals surface area contributed by atoms with Crippen molar-refractivity contribution in [2.45, 2.75) is 24.0 Å². The largest absolute Gasteiger partial charge is 0.416 e. The molecule has 1 aliphatic carbocycles. The molecule has 3 aromatic rings. The van der Waals surface area contributed by atoms with Crippen molar-refractivity contribution in [3.8, 4) is 0 Å². The summed E-state index contributed by atoms with van der Waals surface area (Å²) in [6.45, 7) is -0.343. The molecule has 1 fully saturated rings. The number of hydrogen-bond donors (Lipinski definition) is 2. The van der Waals surface area contributed by atoms with E-state index in [2.05, 4.69) is 15.4 Å². The smallest absolute Gasteiger partial charge is 0.355 e. The Bertz CT molecular complexity index is 1700. The normalized spacial score (nSPS) is 19.9. The minimum atomic E-state index is -4.71. The lowest BCUT2D eigenvalue weighted by Gasteiger charge is -2.45. The number of ketones is 1. The summed E-state index contributed by atoms with van der Waals surface area (Å²) in [5.41, 5.74) is -1.03. The van der Waals surface area contributed by atoms with Crippen LogP contribution in [0, 0.1) is 10.8 Å². The standard InChI is InChI=1S/C27H24ClF3N6O3S/c1-36-10-8-24(35-36)41(39,40)37-11-7-18-12-22(34-21-4-2-20(28)3-5-21)17(15-32)14-26(18,16-37)25(38)23-13-19(6-9-33-23)27(29,30)31/h2-6,8-10,12-13,15,32,34H,7,11,14,16H2,1H3/t26-/m0/s1. The van der Waals surface area contributed by atoms with Crippen LogP contribution in [0.15, 0.2) is 82.8 Å². The van der Waals surface area contributed by atoms with Gasteiger partial charge in [0.15, 0.2) is 10.8 Å². The van der Waals surface area contributed by atoms with Crippen molar-refractivity contribution >= 4 is 39.3 Å². The number of rotatable bonds is 7. The van der Waals surface area contributed by atoms with Gasteiger partial charge in [0.2, 0.25) is 0 Å². The first-order valence-corrected chi connectivity index (χ1v) is 14.2. The van der Waals surface area contributed by atoms with Gasteiger partial charge in [-0.05, 0) is 67.0 Å². The minimum Gasteiger partial charge on any atom is -0.355 e. The maximum atomic E-state index is 14.2. The molecule has 41 heavy (non-hydrogen) atoms. The van der Waals surface area contributed by atoms with Crippen LogP contribution < -0.4 is 5.32 Å². The zero-order valence-corrected chi connectivity index (χ0v) is 23.2. The summed E-state index contributed by atoms with van der Waals surface area (Å²) in [6, 6.07) is 9.60. The van der Waals surface area contributed by atoms with E-state index in [0.29, 0.717) is 33.6 Å². The number of fused-ring (bicyclic) bond motifs is 1. The van der Waals surface area contributed by atoms with E-state index in [1.807, 2.05) is 0 Å². The number of aryl methyl sites for hydroxylation is 1. The maximum absolute atomic E-state index is 14.2. The highest BCUT2D eigenvalue weighted by Gasteiger charge is 2.51. The highest BCUT2D eigenvalue weighted by molar-refractivity contribution is 7.89. The lowest BCUT2D eigenvalue weighted by atomic mass is 9.65. The van der Waals surface area contributed by atoms with Crippen molar-refractivity contribution in [2.75, 3.05) is 18.4 Å². The van der Waals surface area contributed by atoms with Crippen LogP contribution >= 0.6 is 11.6 Å². The van der Waals surface area contributed by atoms with Crippen molar-refractivity contribution in [3.63, 3.8) is 0 Å².